The van der Waals surface area contributed by atoms with Crippen LogP contribution in [0.5, 0.6) is 0 Å². The van der Waals surface area contributed by atoms with E-state index >= 15 is 0 Å². The smallest absolute Gasteiger partial charge is 0.251 e. The number of aliphatic hydroxyl groups excluding tert-OH is 1. The number of hydrogen-bond acceptors (Lipinski definition) is 4. The van der Waals surface area contributed by atoms with Crippen LogP contribution in [0.4, 0.5) is 0 Å². The van der Waals surface area contributed by atoms with Crippen molar-refractivity contribution >= 4 is 5.91 Å². The van der Waals surface area contributed by atoms with Crippen molar-refractivity contribution in [3.63, 3.8) is 0 Å². The van der Waals surface area contributed by atoms with Crippen molar-refractivity contribution in [1.82, 2.24) is 20.1 Å². The highest BCUT2D eigenvalue weighted by Crippen LogP contribution is 2.11. The number of amides is 1. The molecule has 0 radical (unpaired) electrons. The quantitative estimate of drug-likeness (QED) is 0.715. The number of aryl methyl sites for hydroxylation is 2. The van der Waals surface area contributed by atoms with Gasteiger partial charge in [-0.15, -0.1) is 0 Å². The molecule has 0 saturated carbocycles. The molecule has 0 aliphatic rings. The Kier molecular flexibility index (Phi) is 5.43. The third-order valence-electron chi connectivity index (χ3n) is 4.20. The fourth-order valence-corrected chi connectivity index (χ4v) is 2.76. The highest BCUT2D eigenvalue weighted by atomic mass is 16.3. The molecule has 0 fully saturated rings. The minimum Gasteiger partial charge on any atom is -0.387 e. The lowest BCUT2D eigenvalue weighted by Gasteiger charge is -2.12. The number of hydrogen-bond donors (Lipinski definition) is 2. The fraction of sp³-hybridized carbons (Fsp3) is 0.250. The van der Waals surface area contributed by atoms with Crippen molar-refractivity contribution in [2.24, 2.45) is 0 Å². The second-order valence-electron chi connectivity index (χ2n) is 6.29. The zero-order valence-corrected chi connectivity index (χ0v) is 14.9. The van der Waals surface area contributed by atoms with E-state index in [1.165, 1.54) is 0 Å². The number of benzene rings is 1. The molecule has 6 heteroatoms. The second kappa shape index (κ2) is 7.93. The van der Waals surface area contributed by atoms with E-state index < -0.39 is 6.10 Å². The first-order valence-electron chi connectivity index (χ1n) is 8.49. The number of aliphatic hydroxyl groups is 1. The topological polar surface area (TPSA) is 80.0 Å². The van der Waals surface area contributed by atoms with Gasteiger partial charge in [0.25, 0.3) is 5.91 Å². The molecule has 2 N–H and O–H groups in total. The maximum atomic E-state index is 12.3. The van der Waals surface area contributed by atoms with E-state index in [2.05, 4.69) is 15.4 Å². The zero-order valence-electron chi connectivity index (χ0n) is 14.9. The molecule has 3 rings (SSSR count). The van der Waals surface area contributed by atoms with E-state index in [0.717, 1.165) is 22.5 Å². The number of nitrogens with zero attached hydrogens (tertiary/aromatic N) is 3. The largest absolute Gasteiger partial charge is 0.387 e. The Morgan fingerprint density at radius 3 is 2.46 bits per heavy atom. The van der Waals surface area contributed by atoms with E-state index in [-0.39, 0.29) is 12.5 Å². The molecule has 2 heterocycles. The first kappa shape index (κ1) is 17.8. The third-order valence-corrected chi connectivity index (χ3v) is 4.20. The van der Waals surface area contributed by atoms with Crippen LogP contribution in [-0.4, -0.2) is 32.3 Å². The average Bonchev–Trinajstić information content (AvgIpc) is 2.97. The average molecular weight is 350 g/mol. The van der Waals surface area contributed by atoms with Gasteiger partial charge < -0.3 is 10.4 Å². The third kappa shape index (κ3) is 4.34. The van der Waals surface area contributed by atoms with Gasteiger partial charge in [0, 0.05) is 30.2 Å². The van der Waals surface area contributed by atoms with Crippen molar-refractivity contribution < 1.29 is 9.90 Å². The van der Waals surface area contributed by atoms with Gasteiger partial charge in [0.05, 0.1) is 18.3 Å². The van der Waals surface area contributed by atoms with Gasteiger partial charge in [-0.1, -0.05) is 12.1 Å². The van der Waals surface area contributed by atoms with E-state index in [4.69, 9.17) is 0 Å². The molecule has 1 unspecified atom stereocenters. The van der Waals surface area contributed by atoms with Crippen LogP contribution in [-0.2, 0) is 6.54 Å². The maximum absolute atomic E-state index is 12.3. The molecule has 134 valence electrons. The molecule has 1 aromatic carbocycles. The first-order valence-corrected chi connectivity index (χ1v) is 8.49. The second-order valence-corrected chi connectivity index (χ2v) is 6.29. The molecule has 6 nitrogen and oxygen atoms in total. The summed E-state index contributed by atoms with van der Waals surface area (Å²) < 4.78 is 1.94. The van der Waals surface area contributed by atoms with Gasteiger partial charge in [-0.25, -0.2) is 0 Å². The predicted octanol–water partition coefficient (Wildman–Crippen LogP) is 2.41. The van der Waals surface area contributed by atoms with Crippen molar-refractivity contribution in [2.75, 3.05) is 6.54 Å². The summed E-state index contributed by atoms with van der Waals surface area (Å²) in [4.78, 5) is 16.2. The molecule has 3 aromatic rings. The van der Waals surface area contributed by atoms with Crippen LogP contribution in [0, 0.1) is 13.8 Å². The summed E-state index contributed by atoms with van der Waals surface area (Å²) in [6, 6.07) is 12.9. The van der Waals surface area contributed by atoms with Gasteiger partial charge in [-0.05, 0) is 55.3 Å². The van der Waals surface area contributed by atoms with E-state index in [0.29, 0.717) is 12.1 Å². The number of pyridine rings is 1. The Morgan fingerprint density at radius 1 is 1.15 bits per heavy atom. The normalized spacial score (nSPS) is 12.0. The maximum Gasteiger partial charge on any atom is 0.251 e. The van der Waals surface area contributed by atoms with Gasteiger partial charge in [0.15, 0.2) is 0 Å². The standard InChI is InChI=1S/C20H22N4O2/c1-14-11-15(2)24(23-14)13-16-3-5-18(6-4-16)20(26)22-12-19(25)17-7-9-21-10-8-17/h3-11,19,25H,12-13H2,1-2H3,(H,22,26). The summed E-state index contributed by atoms with van der Waals surface area (Å²) >= 11 is 0. The van der Waals surface area contributed by atoms with Crippen LogP contribution in [0.15, 0.2) is 54.9 Å². The van der Waals surface area contributed by atoms with E-state index in [1.54, 1.807) is 36.7 Å². The number of rotatable bonds is 6. The lowest BCUT2D eigenvalue weighted by molar-refractivity contribution is 0.0916. The van der Waals surface area contributed by atoms with E-state index in [9.17, 15) is 9.90 Å². The summed E-state index contributed by atoms with van der Waals surface area (Å²) in [5.74, 6) is -0.212. The summed E-state index contributed by atoms with van der Waals surface area (Å²) in [6.45, 7) is 4.81. The molecule has 0 aliphatic carbocycles. The van der Waals surface area contributed by atoms with Crippen molar-refractivity contribution in [1.29, 1.82) is 0 Å². The Bertz CT molecular complexity index is 873. The fourth-order valence-electron chi connectivity index (χ4n) is 2.76. The van der Waals surface area contributed by atoms with Crippen molar-refractivity contribution in [3.8, 4) is 0 Å². The van der Waals surface area contributed by atoms with Crippen molar-refractivity contribution in [2.45, 2.75) is 26.5 Å². The van der Waals surface area contributed by atoms with Crippen LogP contribution < -0.4 is 5.32 Å². The summed E-state index contributed by atoms with van der Waals surface area (Å²) in [5, 5.41) is 17.3. The van der Waals surface area contributed by atoms with Gasteiger partial charge in [-0.3, -0.25) is 14.5 Å². The van der Waals surface area contributed by atoms with E-state index in [1.807, 2.05) is 36.7 Å². The number of aromatic nitrogens is 3. The van der Waals surface area contributed by atoms with Crippen molar-refractivity contribution in [3.05, 3.63) is 82.9 Å². The number of nitrogens with one attached hydrogen (secondary N) is 1. The molecular formula is C20H22N4O2. The molecular weight excluding hydrogens is 328 g/mol. The molecule has 0 aliphatic heterocycles. The van der Waals surface area contributed by atoms with Gasteiger partial charge in [0.1, 0.15) is 0 Å². The lowest BCUT2D eigenvalue weighted by Crippen LogP contribution is -2.28. The van der Waals surface area contributed by atoms with Gasteiger partial charge >= 0.3 is 0 Å². The van der Waals surface area contributed by atoms with Crippen LogP contribution in [0.2, 0.25) is 0 Å². The molecule has 0 saturated heterocycles. The van der Waals surface area contributed by atoms with Crippen LogP contribution in [0.1, 0.15) is 39.0 Å². The zero-order chi connectivity index (χ0) is 18.5. The summed E-state index contributed by atoms with van der Waals surface area (Å²) in [7, 11) is 0. The van der Waals surface area contributed by atoms with Gasteiger partial charge in [0.2, 0.25) is 0 Å². The predicted molar refractivity (Wildman–Crippen MR) is 98.8 cm³/mol. The highest BCUT2D eigenvalue weighted by Gasteiger charge is 2.11. The Balaban J connectivity index is 1.57. The van der Waals surface area contributed by atoms with Crippen LogP contribution in [0.3, 0.4) is 0 Å². The number of carbonyl (C=O) groups is 1. The molecule has 0 spiro atoms. The monoisotopic (exact) mass is 350 g/mol. The minimum absolute atomic E-state index is 0.149. The first-order chi connectivity index (χ1) is 12.5. The molecule has 26 heavy (non-hydrogen) atoms. The number of carbonyl (C=O) groups excluding carboxylic acids is 1. The Morgan fingerprint density at radius 2 is 1.85 bits per heavy atom. The lowest BCUT2D eigenvalue weighted by atomic mass is 10.1. The van der Waals surface area contributed by atoms with Crippen LogP contribution in [0.25, 0.3) is 0 Å². The Labute approximate surface area is 152 Å². The Hall–Kier alpha value is -2.99. The molecule has 0 bridgehead atoms. The molecule has 2 aromatic heterocycles. The van der Waals surface area contributed by atoms with Crippen LogP contribution >= 0.6 is 0 Å². The molecule has 1 amide bonds. The van der Waals surface area contributed by atoms with Gasteiger partial charge in [-0.2, -0.15) is 5.10 Å². The molecule has 1 atom stereocenters. The SMILES string of the molecule is Cc1cc(C)n(Cc2ccc(C(=O)NCC(O)c3ccncc3)cc2)n1. The summed E-state index contributed by atoms with van der Waals surface area (Å²) in [5.41, 5.74) is 4.45. The summed E-state index contributed by atoms with van der Waals surface area (Å²) in [6.07, 6.45) is 2.47. The highest BCUT2D eigenvalue weighted by molar-refractivity contribution is 5.94. The minimum atomic E-state index is -0.757.